The largest absolute Gasteiger partial charge is 0.411 e. The van der Waals surface area contributed by atoms with Gasteiger partial charge in [-0.05, 0) is 56.5 Å². The smallest absolute Gasteiger partial charge is 0.0860 e. The molecule has 1 heterocycles. The Balaban J connectivity index is 2.10. The SMILES string of the molecule is Cc1cccc2c1CC(=NO)C2(C)N1CCCCC1. The molecule has 1 N–H and O–H groups in total. The van der Waals surface area contributed by atoms with Gasteiger partial charge in [-0.25, -0.2) is 0 Å². The van der Waals surface area contributed by atoms with Crippen LogP contribution in [-0.2, 0) is 12.0 Å². The predicted molar refractivity (Wildman–Crippen MR) is 76.9 cm³/mol. The van der Waals surface area contributed by atoms with Crippen LogP contribution in [0.25, 0.3) is 0 Å². The average Bonchev–Trinajstić information content (AvgIpc) is 2.75. The Hall–Kier alpha value is -1.35. The van der Waals surface area contributed by atoms with Crippen LogP contribution in [-0.4, -0.2) is 28.9 Å². The van der Waals surface area contributed by atoms with E-state index in [1.54, 1.807) is 0 Å². The van der Waals surface area contributed by atoms with Gasteiger partial charge in [-0.2, -0.15) is 0 Å². The minimum Gasteiger partial charge on any atom is -0.411 e. The lowest BCUT2D eigenvalue weighted by molar-refractivity contribution is 0.131. The van der Waals surface area contributed by atoms with Crippen LogP contribution in [0.5, 0.6) is 0 Å². The zero-order valence-corrected chi connectivity index (χ0v) is 11.8. The van der Waals surface area contributed by atoms with Gasteiger partial charge in [0.2, 0.25) is 0 Å². The molecule has 0 aromatic heterocycles. The van der Waals surface area contributed by atoms with Crippen LogP contribution in [0, 0.1) is 6.92 Å². The van der Waals surface area contributed by atoms with E-state index in [9.17, 15) is 5.21 Å². The van der Waals surface area contributed by atoms with E-state index in [1.165, 1.54) is 36.0 Å². The van der Waals surface area contributed by atoms with Crippen LogP contribution in [0.2, 0.25) is 0 Å². The van der Waals surface area contributed by atoms with Crippen molar-refractivity contribution in [3.8, 4) is 0 Å². The molecule has 1 aliphatic carbocycles. The monoisotopic (exact) mass is 258 g/mol. The zero-order valence-electron chi connectivity index (χ0n) is 11.8. The fourth-order valence-electron chi connectivity index (χ4n) is 3.71. The van der Waals surface area contributed by atoms with E-state index < -0.39 is 0 Å². The zero-order chi connectivity index (χ0) is 13.5. The molecule has 1 aliphatic heterocycles. The molecular weight excluding hydrogens is 236 g/mol. The van der Waals surface area contributed by atoms with Gasteiger partial charge in [0.05, 0.1) is 11.3 Å². The molecule has 1 fully saturated rings. The van der Waals surface area contributed by atoms with Crippen molar-refractivity contribution < 1.29 is 5.21 Å². The summed E-state index contributed by atoms with van der Waals surface area (Å²) in [5.74, 6) is 0. The molecule has 1 atom stereocenters. The molecule has 1 unspecified atom stereocenters. The number of nitrogens with zero attached hydrogens (tertiary/aromatic N) is 2. The molecule has 0 bridgehead atoms. The Morgan fingerprint density at radius 2 is 1.95 bits per heavy atom. The van der Waals surface area contributed by atoms with Crippen molar-refractivity contribution >= 4 is 5.71 Å². The van der Waals surface area contributed by atoms with Crippen LogP contribution in [0.1, 0.15) is 42.9 Å². The van der Waals surface area contributed by atoms with Crippen LogP contribution in [0.3, 0.4) is 0 Å². The Morgan fingerprint density at radius 3 is 2.63 bits per heavy atom. The maximum Gasteiger partial charge on any atom is 0.0860 e. The van der Waals surface area contributed by atoms with Crippen molar-refractivity contribution in [2.24, 2.45) is 5.16 Å². The van der Waals surface area contributed by atoms with E-state index in [4.69, 9.17) is 0 Å². The Morgan fingerprint density at radius 1 is 1.21 bits per heavy atom. The lowest BCUT2D eigenvalue weighted by Crippen LogP contribution is -2.50. The van der Waals surface area contributed by atoms with E-state index in [2.05, 4.69) is 42.1 Å². The second-order valence-corrected chi connectivity index (χ2v) is 5.94. The van der Waals surface area contributed by atoms with Gasteiger partial charge in [0.15, 0.2) is 0 Å². The molecule has 2 aliphatic rings. The highest BCUT2D eigenvalue weighted by Crippen LogP contribution is 2.41. The van der Waals surface area contributed by atoms with Crippen molar-refractivity contribution in [3.63, 3.8) is 0 Å². The first-order valence-electron chi connectivity index (χ1n) is 7.23. The van der Waals surface area contributed by atoms with Crippen LogP contribution < -0.4 is 0 Å². The van der Waals surface area contributed by atoms with Gasteiger partial charge in [0, 0.05) is 6.42 Å². The van der Waals surface area contributed by atoms with E-state index >= 15 is 0 Å². The second-order valence-electron chi connectivity index (χ2n) is 5.94. The summed E-state index contributed by atoms with van der Waals surface area (Å²) in [6, 6.07) is 6.47. The molecule has 0 saturated carbocycles. The highest BCUT2D eigenvalue weighted by atomic mass is 16.4. The fraction of sp³-hybridized carbons (Fsp3) is 0.562. The minimum atomic E-state index is -0.212. The molecule has 102 valence electrons. The van der Waals surface area contributed by atoms with E-state index in [-0.39, 0.29) is 5.54 Å². The van der Waals surface area contributed by atoms with Crippen molar-refractivity contribution in [2.75, 3.05) is 13.1 Å². The summed E-state index contributed by atoms with van der Waals surface area (Å²) >= 11 is 0. The van der Waals surface area contributed by atoms with Gasteiger partial charge >= 0.3 is 0 Å². The standard InChI is InChI=1S/C16H22N2O/c1-12-7-6-8-14-13(12)11-15(17-19)16(14,2)18-9-4-3-5-10-18/h6-8,19H,3-5,9-11H2,1-2H3. The number of fused-ring (bicyclic) bond motifs is 1. The molecule has 1 aromatic rings. The molecule has 1 aromatic carbocycles. The van der Waals surface area contributed by atoms with Crippen LogP contribution in [0.4, 0.5) is 0 Å². The molecule has 0 spiro atoms. The van der Waals surface area contributed by atoms with Crippen LogP contribution in [0.15, 0.2) is 23.4 Å². The first kappa shape index (κ1) is 12.7. The van der Waals surface area contributed by atoms with Gasteiger partial charge in [0.1, 0.15) is 0 Å². The van der Waals surface area contributed by atoms with Gasteiger partial charge < -0.3 is 5.21 Å². The normalized spacial score (nSPS) is 29.7. The third kappa shape index (κ3) is 1.79. The maximum absolute atomic E-state index is 9.46. The average molecular weight is 258 g/mol. The van der Waals surface area contributed by atoms with Crippen molar-refractivity contribution in [1.29, 1.82) is 0 Å². The van der Waals surface area contributed by atoms with Gasteiger partial charge in [-0.3, -0.25) is 4.90 Å². The van der Waals surface area contributed by atoms with E-state index in [0.29, 0.717) is 0 Å². The van der Waals surface area contributed by atoms with Crippen LogP contribution >= 0.6 is 0 Å². The second kappa shape index (κ2) is 4.64. The highest BCUT2D eigenvalue weighted by Gasteiger charge is 2.45. The van der Waals surface area contributed by atoms with Crippen molar-refractivity contribution in [3.05, 3.63) is 34.9 Å². The first-order valence-corrected chi connectivity index (χ1v) is 7.23. The molecule has 3 heteroatoms. The molecule has 0 amide bonds. The Labute approximate surface area is 114 Å². The Bertz CT molecular complexity index is 517. The number of piperidine rings is 1. The summed E-state index contributed by atoms with van der Waals surface area (Å²) in [7, 11) is 0. The lowest BCUT2D eigenvalue weighted by atomic mass is 9.88. The molecule has 3 rings (SSSR count). The van der Waals surface area contributed by atoms with Gasteiger partial charge in [-0.1, -0.05) is 29.8 Å². The summed E-state index contributed by atoms with van der Waals surface area (Å²) in [5.41, 5.74) is 4.68. The van der Waals surface area contributed by atoms with Gasteiger partial charge in [0.25, 0.3) is 0 Å². The highest BCUT2D eigenvalue weighted by molar-refractivity contribution is 6.00. The predicted octanol–water partition coefficient (Wildman–Crippen LogP) is 3.08. The van der Waals surface area contributed by atoms with E-state index in [1.807, 2.05) is 0 Å². The molecule has 0 radical (unpaired) electrons. The number of oxime groups is 1. The minimum absolute atomic E-state index is 0.212. The Kier molecular flexibility index (Phi) is 3.09. The van der Waals surface area contributed by atoms with E-state index in [0.717, 1.165) is 25.2 Å². The third-order valence-electron chi connectivity index (χ3n) is 4.95. The fourth-order valence-corrected chi connectivity index (χ4v) is 3.71. The van der Waals surface area contributed by atoms with Crippen molar-refractivity contribution in [1.82, 2.24) is 4.90 Å². The first-order chi connectivity index (χ1) is 9.17. The summed E-state index contributed by atoms with van der Waals surface area (Å²) in [6.45, 7) is 6.57. The number of hydrogen-bond acceptors (Lipinski definition) is 3. The van der Waals surface area contributed by atoms with Gasteiger partial charge in [-0.15, -0.1) is 0 Å². The summed E-state index contributed by atoms with van der Waals surface area (Å²) in [5, 5.41) is 13.1. The third-order valence-corrected chi connectivity index (χ3v) is 4.95. The molecule has 1 saturated heterocycles. The van der Waals surface area contributed by atoms with Crippen molar-refractivity contribution in [2.45, 2.75) is 45.1 Å². The maximum atomic E-state index is 9.46. The number of benzene rings is 1. The number of likely N-dealkylation sites (tertiary alicyclic amines) is 1. The number of hydrogen-bond donors (Lipinski definition) is 1. The lowest BCUT2D eigenvalue weighted by Gasteiger charge is -2.41. The summed E-state index contributed by atoms with van der Waals surface area (Å²) in [4.78, 5) is 2.50. The number of rotatable bonds is 1. The summed E-state index contributed by atoms with van der Waals surface area (Å²) < 4.78 is 0. The number of aryl methyl sites for hydroxylation is 1. The molecule has 19 heavy (non-hydrogen) atoms. The topological polar surface area (TPSA) is 35.8 Å². The molecular formula is C16H22N2O. The quantitative estimate of drug-likeness (QED) is 0.620. The molecule has 3 nitrogen and oxygen atoms in total. The summed E-state index contributed by atoms with van der Waals surface area (Å²) in [6.07, 6.45) is 4.59.